The molecule has 0 radical (unpaired) electrons. The molecular formula is C13H18O5S. The summed E-state index contributed by atoms with van der Waals surface area (Å²) >= 11 is 1.60. The lowest BCUT2D eigenvalue weighted by Crippen LogP contribution is -2.22. The van der Waals surface area contributed by atoms with Crippen molar-refractivity contribution in [2.45, 2.75) is 43.6 Å². The third kappa shape index (κ3) is 2.95. The standard InChI is InChI=1S/C13H18O5S/c1-7(19-2)6-9-12(15)10(13(16)18-9)11(14)8-4-3-5-17-8/h7-9,14H,3-6H2,1-2H3/b11-10+. The lowest BCUT2D eigenvalue weighted by atomic mass is 10.0. The van der Waals surface area contributed by atoms with E-state index in [1.54, 1.807) is 11.8 Å². The maximum atomic E-state index is 12.1. The molecule has 1 N–H and O–H groups in total. The highest BCUT2D eigenvalue weighted by Crippen LogP contribution is 2.29. The fourth-order valence-electron chi connectivity index (χ4n) is 2.24. The van der Waals surface area contributed by atoms with Gasteiger partial charge in [0, 0.05) is 18.3 Å². The molecule has 6 heteroatoms. The van der Waals surface area contributed by atoms with Gasteiger partial charge in [0.15, 0.2) is 6.10 Å². The predicted molar refractivity (Wildman–Crippen MR) is 71.1 cm³/mol. The normalized spacial score (nSPS) is 31.5. The first-order valence-corrected chi connectivity index (χ1v) is 7.66. The minimum Gasteiger partial charge on any atom is -0.508 e. The molecule has 19 heavy (non-hydrogen) atoms. The highest BCUT2D eigenvalue weighted by molar-refractivity contribution is 7.99. The molecule has 2 saturated heterocycles. The van der Waals surface area contributed by atoms with Gasteiger partial charge in [-0.15, -0.1) is 0 Å². The van der Waals surface area contributed by atoms with Gasteiger partial charge in [-0.2, -0.15) is 11.8 Å². The Morgan fingerprint density at radius 3 is 2.84 bits per heavy atom. The molecule has 2 aliphatic heterocycles. The van der Waals surface area contributed by atoms with Crippen LogP contribution in [0.3, 0.4) is 0 Å². The number of Topliss-reactive ketones (excluding diaryl/α,β-unsaturated/α-hetero) is 1. The maximum Gasteiger partial charge on any atom is 0.346 e. The number of rotatable bonds is 4. The summed E-state index contributed by atoms with van der Waals surface area (Å²) in [4.78, 5) is 23.9. The van der Waals surface area contributed by atoms with E-state index in [1.165, 1.54) is 0 Å². The first-order valence-electron chi connectivity index (χ1n) is 6.37. The fourth-order valence-corrected chi connectivity index (χ4v) is 2.61. The van der Waals surface area contributed by atoms with E-state index in [0.29, 0.717) is 19.4 Å². The number of cyclic esters (lactones) is 1. The number of aliphatic hydroxyl groups is 1. The molecule has 0 aromatic rings. The van der Waals surface area contributed by atoms with Crippen LogP contribution in [-0.4, -0.2) is 47.2 Å². The second-order valence-corrected chi connectivity index (χ2v) is 6.08. The summed E-state index contributed by atoms with van der Waals surface area (Å²) in [6.07, 6.45) is 2.54. The minimum atomic E-state index is -0.770. The van der Waals surface area contributed by atoms with Gasteiger partial charge in [0.2, 0.25) is 5.78 Å². The number of carbonyl (C=O) groups is 2. The van der Waals surface area contributed by atoms with Crippen LogP contribution in [0.4, 0.5) is 0 Å². The Kier molecular flexibility index (Phi) is 4.52. The lowest BCUT2D eigenvalue weighted by Gasteiger charge is -2.11. The van der Waals surface area contributed by atoms with Gasteiger partial charge in [-0.05, 0) is 19.1 Å². The third-order valence-corrected chi connectivity index (χ3v) is 4.43. The zero-order valence-electron chi connectivity index (χ0n) is 11.0. The SMILES string of the molecule is CSC(C)CC1OC(=O)/C(=C(/O)C2CCCO2)C1=O. The molecule has 0 amide bonds. The van der Waals surface area contributed by atoms with Crippen molar-refractivity contribution >= 4 is 23.5 Å². The van der Waals surface area contributed by atoms with Crippen molar-refractivity contribution in [1.82, 2.24) is 0 Å². The van der Waals surface area contributed by atoms with Gasteiger partial charge in [-0.1, -0.05) is 6.92 Å². The van der Waals surface area contributed by atoms with E-state index in [4.69, 9.17) is 9.47 Å². The molecule has 0 spiro atoms. The first-order chi connectivity index (χ1) is 9.04. The molecule has 5 nitrogen and oxygen atoms in total. The molecular weight excluding hydrogens is 268 g/mol. The highest BCUT2D eigenvalue weighted by atomic mass is 32.2. The molecule has 106 valence electrons. The molecule has 0 saturated carbocycles. The summed E-state index contributed by atoms with van der Waals surface area (Å²) in [5.74, 6) is -1.40. The Morgan fingerprint density at radius 2 is 2.26 bits per heavy atom. The van der Waals surface area contributed by atoms with Crippen LogP contribution in [0, 0.1) is 0 Å². The molecule has 0 aromatic carbocycles. The number of ketones is 1. The summed E-state index contributed by atoms with van der Waals surface area (Å²) in [6, 6.07) is 0. The smallest absolute Gasteiger partial charge is 0.346 e. The average molecular weight is 286 g/mol. The van der Waals surface area contributed by atoms with Crippen molar-refractivity contribution in [3.63, 3.8) is 0 Å². The summed E-state index contributed by atoms with van der Waals surface area (Å²) in [7, 11) is 0. The van der Waals surface area contributed by atoms with E-state index in [-0.39, 0.29) is 16.6 Å². The summed E-state index contributed by atoms with van der Waals surface area (Å²) < 4.78 is 10.4. The number of aliphatic hydroxyl groups excluding tert-OH is 1. The number of esters is 1. The van der Waals surface area contributed by atoms with Gasteiger partial charge in [0.1, 0.15) is 17.4 Å². The summed E-state index contributed by atoms with van der Waals surface area (Å²) in [5, 5.41) is 10.2. The topological polar surface area (TPSA) is 72.8 Å². The monoisotopic (exact) mass is 286 g/mol. The van der Waals surface area contributed by atoms with E-state index in [2.05, 4.69) is 0 Å². The Bertz CT molecular complexity index is 411. The quantitative estimate of drug-likeness (QED) is 0.366. The van der Waals surface area contributed by atoms with Crippen molar-refractivity contribution in [2.75, 3.05) is 12.9 Å². The van der Waals surface area contributed by atoms with Crippen LogP contribution >= 0.6 is 11.8 Å². The highest BCUT2D eigenvalue weighted by Gasteiger charge is 2.43. The van der Waals surface area contributed by atoms with Crippen LogP contribution in [0.25, 0.3) is 0 Å². The van der Waals surface area contributed by atoms with Crippen molar-refractivity contribution in [1.29, 1.82) is 0 Å². The van der Waals surface area contributed by atoms with Crippen molar-refractivity contribution in [3.8, 4) is 0 Å². The van der Waals surface area contributed by atoms with Crippen molar-refractivity contribution < 1.29 is 24.2 Å². The van der Waals surface area contributed by atoms with Crippen LogP contribution < -0.4 is 0 Å². The average Bonchev–Trinajstić information content (AvgIpc) is 2.99. The van der Waals surface area contributed by atoms with E-state index in [9.17, 15) is 14.7 Å². The van der Waals surface area contributed by atoms with Gasteiger partial charge in [-0.25, -0.2) is 4.79 Å². The van der Waals surface area contributed by atoms with Crippen LogP contribution in [0.2, 0.25) is 0 Å². The molecule has 2 rings (SSSR count). The first kappa shape index (κ1) is 14.4. The molecule has 0 aromatic heterocycles. The van der Waals surface area contributed by atoms with Crippen molar-refractivity contribution in [3.05, 3.63) is 11.3 Å². The molecule has 3 atom stereocenters. The second-order valence-electron chi connectivity index (χ2n) is 4.80. The summed E-state index contributed by atoms with van der Waals surface area (Å²) in [6.45, 7) is 2.51. The third-order valence-electron chi connectivity index (χ3n) is 3.43. The van der Waals surface area contributed by atoms with E-state index in [0.717, 1.165) is 6.42 Å². The maximum absolute atomic E-state index is 12.1. The van der Waals surface area contributed by atoms with Gasteiger partial charge in [0.25, 0.3) is 0 Å². The van der Waals surface area contributed by atoms with E-state index >= 15 is 0 Å². The Hall–Kier alpha value is -1.01. The lowest BCUT2D eigenvalue weighted by molar-refractivity contribution is -0.141. The number of thioether (sulfide) groups is 1. The van der Waals surface area contributed by atoms with Gasteiger partial charge < -0.3 is 14.6 Å². The summed E-state index contributed by atoms with van der Waals surface area (Å²) in [5.41, 5.74) is -0.217. The molecule has 0 bridgehead atoms. The molecule has 2 aliphatic rings. The number of hydrogen-bond acceptors (Lipinski definition) is 6. The molecule has 2 heterocycles. The largest absolute Gasteiger partial charge is 0.508 e. The van der Waals surface area contributed by atoms with E-state index < -0.39 is 24.0 Å². The van der Waals surface area contributed by atoms with Crippen LogP contribution in [0.1, 0.15) is 26.2 Å². The van der Waals surface area contributed by atoms with Gasteiger partial charge in [0.05, 0.1) is 0 Å². The Morgan fingerprint density at radius 1 is 1.53 bits per heavy atom. The number of ether oxygens (including phenoxy) is 2. The van der Waals surface area contributed by atoms with Crippen LogP contribution in [-0.2, 0) is 19.1 Å². The van der Waals surface area contributed by atoms with Crippen molar-refractivity contribution in [2.24, 2.45) is 0 Å². The van der Waals surface area contributed by atoms with E-state index in [1.807, 2.05) is 13.2 Å². The zero-order valence-corrected chi connectivity index (χ0v) is 11.9. The Labute approximate surface area is 116 Å². The number of carbonyl (C=O) groups excluding carboxylic acids is 2. The Balaban J connectivity index is 2.15. The second kappa shape index (κ2) is 5.96. The van der Waals surface area contributed by atoms with Gasteiger partial charge in [-0.3, -0.25) is 4.79 Å². The fraction of sp³-hybridized carbons (Fsp3) is 0.692. The van der Waals surface area contributed by atoms with Crippen LogP contribution in [0.5, 0.6) is 0 Å². The minimum absolute atomic E-state index is 0.214. The number of hydrogen-bond donors (Lipinski definition) is 1. The molecule has 3 unspecified atom stereocenters. The zero-order chi connectivity index (χ0) is 14.0. The molecule has 0 aliphatic carbocycles. The molecule has 2 fully saturated rings. The van der Waals surface area contributed by atoms with Crippen LogP contribution in [0.15, 0.2) is 11.3 Å². The predicted octanol–water partition coefficient (Wildman–Crippen LogP) is 1.61. The van der Waals surface area contributed by atoms with Gasteiger partial charge >= 0.3 is 5.97 Å².